The topological polar surface area (TPSA) is 86.1 Å². The quantitative estimate of drug-likeness (QED) is 0.692. The predicted molar refractivity (Wildman–Crippen MR) is 99.8 cm³/mol. The van der Waals surface area contributed by atoms with Crippen molar-refractivity contribution in [2.75, 3.05) is 23.3 Å². The van der Waals surface area contributed by atoms with Crippen LogP contribution in [0.3, 0.4) is 0 Å². The fraction of sp³-hybridized carbons (Fsp3) is 0.300. The number of carbonyl (C=O) groups is 2. The van der Waals surface area contributed by atoms with Crippen molar-refractivity contribution >= 4 is 23.2 Å². The number of carbonyl (C=O) groups excluding carboxylic acids is 2. The maximum absolute atomic E-state index is 13.2. The number of Topliss-reactive ketones (excluding diaryl/α,β-unsaturated/α-hetero) is 1. The molecule has 12 heteroatoms. The van der Waals surface area contributed by atoms with E-state index in [1.54, 1.807) is 12.1 Å². The molecule has 0 fully saturated rings. The van der Waals surface area contributed by atoms with Gasteiger partial charge in [0.1, 0.15) is 23.1 Å². The Morgan fingerprint density at radius 1 is 1.16 bits per heavy atom. The molecule has 0 atom stereocenters. The van der Waals surface area contributed by atoms with Gasteiger partial charge in [-0.05, 0) is 24.6 Å². The van der Waals surface area contributed by atoms with Gasteiger partial charge in [-0.2, -0.15) is 31.6 Å². The highest BCUT2D eigenvalue weighted by Gasteiger charge is 2.41. The molecule has 0 spiro atoms. The number of amides is 1. The molecule has 1 aromatic carbocycles. The molecule has 1 aliphatic rings. The monoisotopic (exact) mass is 456 g/mol. The van der Waals surface area contributed by atoms with Gasteiger partial charge in [-0.25, -0.2) is 4.98 Å². The lowest BCUT2D eigenvalue weighted by molar-refractivity contribution is -0.145. The molecule has 0 bridgehead atoms. The Bertz CT molecular complexity index is 1100. The zero-order valence-electron chi connectivity index (χ0n) is 16.1. The van der Waals surface area contributed by atoms with E-state index in [1.807, 2.05) is 0 Å². The van der Waals surface area contributed by atoms with Crippen molar-refractivity contribution in [1.29, 1.82) is 5.26 Å². The Morgan fingerprint density at radius 2 is 1.84 bits per heavy atom. The highest BCUT2D eigenvalue weighted by atomic mass is 19.4. The lowest BCUT2D eigenvalue weighted by atomic mass is 10.1. The van der Waals surface area contributed by atoms with Crippen molar-refractivity contribution < 1.29 is 35.9 Å². The van der Waals surface area contributed by atoms with Crippen LogP contribution in [0.5, 0.6) is 0 Å². The van der Waals surface area contributed by atoms with Gasteiger partial charge in [0.2, 0.25) is 5.91 Å². The molecule has 2 heterocycles. The minimum atomic E-state index is -5.25. The van der Waals surface area contributed by atoms with Crippen LogP contribution in [0, 0.1) is 11.3 Å². The molecule has 2 aromatic rings. The van der Waals surface area contributed by atoms with Crippen LogP contribution < -0.4 is 10.2 Å². The largest absolute Gasteiger partial charge is 0.433 e. The van der Waals surface area contributed by atoms with E-state index in [2.05, 4.69) is 10.3 Å². The van der Waals surface area contributed by atoms with Crippen LogP contribution >= 0.6 is 0 Å². The molecular weight excluding hydrogens is 442 g/mol. The Morgan fingerprint density at radius 3 is 2.47 bits per heavy atom. The van der Waals surface area contributed by atoms with Crippen molar-refractivity contribution in [3.63, 3.8) is 0 Å². The fourth-order valence-electron chi connectivity index (χ4n) is 3.27. The molecule has 0 radical (unpaired) electrons. The first-order valence-corrected chi connectivity index (χ1v) is 9.19. The molecule has 0 saturated carbocycles. The molecule has 0 aliphatic carbocycles. The molecule has 1 aliphatic heterocycles. The second-order valence-corrected chi connectivity index (χ2v) is 6.83. The van der Waals surface area contributed by atoms with E-state index in [1.165, 1.54) is 23.1 Å². The predicted octanol–water partition coefficient (Wildman–Crippen LogP) is 4.41. The molecule has 1 aromatic heterocycles. The number of alkyl halides is 6. The molecule has 1 amide bonds. The Balaban J connectivity index is 1.94. The first-order chi connectivity index (χ1) is 14.9. The third-order valence-corrected chi connectivity index (χ3v) is 4.72. The summed E-state index contributed by atoms with van der Waals surface area (Å²) in [4.78, 5) is 29.3. The second-order valence-electron chi connectivity index (χ2n) is 6.83. The van der Waals surface area contributed by atoms with Gasteiger partial charge in [0, 0.05) is 18.5 Å². The summed E-state index contributed by atoms with van der Waals surface area (Å²) in [6.45, 7) is -0.624. The summed E-state index contributed by atoms with van der Waals surface area (Å²) in [6.07, 6.45) is -9.96. The Kier molecular flexibility index (Phi) is 6.11. The number of benzene rings is 1. The number of anilines is 2. The van der Waals surface area contributed by atoms with E-state index >= 15 is 0 Å². The zero-order chi connectivity index (χ0) is 23.7. The minimum Gasteiger partial charge on any atom is -0.360 e. The number of fused-ring (bicyclic) bond motifs is 1. The van der Waals surface area contributed by atoms with Gasteiger partial charge >= 0.3 is 12.4 Å². The smallest absolute Gasteiger partial charge is 0.360 e. The van der Waals surface area contributed by atoms with Crippen LogP contribution in [0.4, 0.5) is 37.8 Å². The van der Waals surface area contributed by atoms with Gasteiger partial charge in [-0.1, -0.05) is 12.1 Å². The summed E-state index contributed by atoms with van der Waals surface area (Å²) in [5, 5.41) is 11.3. The number of pyridine rings is 1. The van der Waals surface area contributed by atoms with E-state index in [4.69, 9.17) is 5.26 Å². The number of hydrogen-bond donors (Lipinski definition) is 1. The van der Waals surface area contributed by atoms with Gasteiger partial charge in [-0.3, -0.25) is 9.59 Å². The summed E-state index contributed by atoms with van der Waals surface area (Å²) in [6, 6.07) is 7.18. The van der Waals surface area contributed by atoms with E-state index in [-0.39, 0.29) is 36.1 Å². The second kappa shape index (κ2) is 8.49. The van der Waals surface area contributed by atoms with Gasteiger partial charge in [0.25, 0.3) is 0 Å². The zero-order valence-corrected chi connectivity index (χ0v) is 16.1. The first-order valence-electron chi connectivity index (χ1n) is 9.19. The van der Waals surface area contributed by atoms with E-state index < -0.39 is 47.4 Å². The summed E-state index contributed by atoms with van der Waals surface area (Å²) in [7, 11) is 0. The summed E-state index contributed by atoms with van der Waals surface area (Å²) >= 11 is 0. The molecule has 168 valence electrons. The maximum Gasteiger partial charge on any atom is 0.433 e. The average Bonchev–Trinajstić information content (AvgIpc) is 2.89. The molecular formula is C20H14F6N4O2. The molecule has 1 N–H and O–H groups in total. The number of nitrogens with zero attached hydrogens (tertiary/aromatic N) is 3. The number of nitriles is 1. The maximum atomic E-state index is 13.2. The number of nitrogens with one attached hydrogen (secondary N) is 1. The summed E-state index contributed by atoms with van der Waals surface area (Å²) in [5.74, 6) is -1.92. The molecule has 0 saturated heterocycles. The lowest BCUT2D eigenvalue weighted by Crippen LogP contribution is -2.36. The van der Waals surface area contributed by atoms with Crippen molar-refractivity contribution in [3.05, 3.63) is 52.7 Å². The van der Waals surface area contributed by atoms with Gasteiger partial charge in [0.05, 0.1) is 17.8 Å². The summed E-state index contributed by atoms with van der Waals surface area (Å²) in [5.41, 5.74) is -4.26. The minimum absolute atomic E-state index is 0.123. The van der Waals surface area contributed by atoms with Crippen molar-refractivity contribution in [2.24, 2.45) is 0 Å². The standard InChI is InChI=1S/C20H14F6N4O2/c21-19(22,23)13-8-16(20(24,25)26)29-18(12(13)9-27)28-10-17(32)30-7-3-6-15(31)11-4-1-2-5-14(11)30/h1-2,4-5,8H,3,6-7,10H2,(H,28,29). The van der Waals surface area contributed by atoms with Crippen LogP contribution in [-0.4, -0.2) is 29.8 Å². The number of ketones is 1. The van der Waals surface area contributed by atoms with Crippen LogP contribution in [0.25, 0.3) is 0 Å². The molecule has 3 rings (SSSR count). The van der Waals surface area contributed by atoms with Crippen LogP contribution in [0.15, 0.2) is 30.3 Å². The van der Waals surface area contributed by atoms with Crippen LogP contribution in [-0.2, 0) is 17.1 Å². The normalized spacial score (nSPS) is 14.4. The lowest BCUT2D eigenvalue weighted by Gasteiger charge is -2.23. The van der Waals surface area contributed by atoms with E-state index in [0.29, 0.717) is 6.42 Å². The molecule has 0 unspecified atom stereocenters. The first kappa shape index (κ1) is 23.1. The number of aromatic nitrogens is 1. The number of para-hydroxylation sites is 1. The van der Waals surface area contributed by atoms with E-state index in [0.717, 1.165) is 0 Å². The molecule has 32 heavy (non-hydrogen) atoms. The van der Waals surface area contributed by atoms with Crippen LogP contribution in [0.1, 0.15) is 40.0 Å². The fourth-order valence-corrected chi connectivity index (χ4v) is 3.27. The van der Waals surface area contributed by atoms with Gasteiger partial charge < -0.3 is 10.2 Å². The van der Waals surface area contributed by atoms with Gasteiger partial charge in [0.15, 0.2) is 5.78 Å². The molecule has 6 nitrogen and oxygen atoms in total. The van der Waals surface area contributed by atoms with Crippen molar-refractivity contribution in [3.8, 4) is 6.07 Å². The van der Waals surface area contributed by atoms with Crippen LogP contribution in [0.2, 0.25) is 0 Å². The van der Waals surface area contributed by atoms with Crippen molar-refractivity contribution in [1.82, 2.24) is 4.98 Å². The SMILES string of the molecule is N#Cc1c(C(F)(F)F)cc(C(F)(F)F)nc1NCC(=O)N1CCCC(=O)c2ccccc21. The number of rotatable bonds is 3. The average molecular weight is 456 g/mol. The van der Waals surface area contributed by atoms with Crippen molar-refractivity contribution in [2.45, 2.75) is 25.2 Å². The number of halogens is 6. The highest BCUT2D eigenvalue weighted by molar-refractivity contribution is 6.07. The van der Waals surface area contributed by atoms with E-state index in [9.17, 15) is 35.9 Å². The number of hydrogen-bond acceptors (Lipinski definition) is 5. The summed E-state index contributed by atoms with van der Waals surface area (Å²) < 4.78 is 78.9. The highest BCUT2D eigenvalue weighted by Crippen LogP contribution is 2.38. The Hall–Kier alpha value is -3.62. The third-order valence-electron chi connectivity index (χ3n) is 4.72. The Labute approximate surface area is 177 Å². The third kappa shape index (κ3) is 4.66. The van der Waals surface area contributed by atoms with Gasteiger partial charge in [-0.15, -0.1) is 0 Å².